The summed E-state index contributed by atoms with van der Waals surface area (Å²) in [6.07, 6.45) is -1.17. The third kappa shape index (κ3) is 2.52. The molecule has 0 bridgehead atoms. The van der Waals surface area contributed by atoms with E-state index in [0.29, 0.717) is 5.56 Å². The lowest BCUT2D eigenvalue weighted by Gasteiger charge is -2.55. The molecular weight excluding hydrogens is 425 g/mol. The Morgan fingerprint density at radius 2 is 1.97 bits per heavy atom. The van der Waals surface area contributed by atoms with Crippen LogP contribution in [0.1, 0.15) is 29.9 Å². The smallest absolute Gasteiger partial charge is 0.328 e. The minimum Gasteiger partial charge on any atom is -0.372 e. The quantitative estimate of drug-likeness (QED) is 0.529. The Hall–Kier alpha value is -3.54. The van der Waals surface area contributed by atoms with Crippen LogP contribution in [0.15, 0.2) is 10.6 Å². The number of carbonyl (C=O) groups is 4. The van der Waals surface area contributed by atoms with E-state index in [1.165, 1.54) is 13.1 Å². The number of morpholine rings is 1. The van der Waals surface area contributed by atoms with Crippen molar-refractivity contribution in [3.63, 3.8) is 0 Å². The summed E-state index contributed by atoms with van der Waals surface area (Å²) in [6, 6.07) is -0.287. The number of nitrogens with one attached hydrogen (secondary N) is 3. The first-order valence-corrected chi connectivity index (χ1v) is 10.1. The average molecular weight is 445 g/mol. The van der Waals surface area contributed by atoms with Crippen molar-refractivity contribution in [1.29, 1.82) is 0 Å². The van der Waals surface area contributed by atoms with Gasteiger partial charge in [-0.2, -0.15) is 0 Å². The molecule has 11 nitrogen and oxygen atoms in total. The van der Waals surface area contributed by atoms with Crippen LogP contribution in [-0.4, -0.2) is 60.8 Å². The number of urea groups is 1. The lowest BCUT2D eigenvalue weighted by Crippen LogP contribution is -2.75. The Labute approximate surface area is 180 Å². The van der Waals surface area contributed by atoms with E-state index in [9.17, 15) is 19.2 Å². The normalized spacial score (nSPS) is 26.4. The summed E-state index contributed by atoms with van der Waals surface area (Å²) in [5.74, 6) is -2.88. The molecule has 0 unspecified atom stereocenters. The third-order valence-electron chi connectivity index (χ3n) is 6.41. The first-order valence-electron chi connectivity index (χ1n) is 10.1. The SMILES string of the molecule is CNC(=O)c1noc2c(F)c3c(cc12)CC1(C(=O)NC(=O)NC1=O)[C@@H]1[C@@H](C)O[C@@H](C)CN31. The lowest BCUT2D eigenvalue weighted by atomic mass is 9.66. The van der Waals surface area contributed by atoms with E-state index in [2.05, 4.69) is 21.1 Å². The number of hydrogen-bond acceptors (Lipinski definition) is 8. The summed E-state index contributed by atoms with van der Waals surface area (Å²) < 4.78 is 26.8. The topological polar surface area (TPSA) is 143 Å². The van der Waals surface area contributed by atoms with Crippen LogP contribution in [0, 0.1) is 11.2 Å². The summed E-state index contributed by atoms with van der Waals surface area (Å²) in [4.78, 5) is 51.8. The summed E-state index contributed by atoms with van der Waals surface area (Å²) in [7, 11) is 1.40. The van der Waals surface area contributed by atoms with Gasteiger partial charge in [0.2, 0.25) is 17.4 Å². The monoisotopic (exact) mass is 445 g/mol. The Bertz CT molecular complexity index is 1190. The van der Waals surface area contributed by atoms with Gasteiger partial charge in [0.15, 0.2) is 16.9 Å². The number of halogens is 1. The number of carbonyl (C=O) groups excluding carboxylic acids is 4. The van der Waals surface area contributed by atoms with Gasteiger partial charge in [0.1, 0.15) is 0 Å². The van der Waals surface area contributed by atoms with Crippen LogP contribution in [0.3, 0.4) is 0 Å². The Kier molecular flexibility index (Phi) is 4.28. The van der Waals surface area contributed by atoms with Gasteiger partial charge in [-0.05, 0) is 25.5 Å². The molecule has 2 aromatic rings. The van der Waals surface area contributed by atoms with E-state index in [4.69, 9.17) is 9.26 Å². The molecule has 1 aromatic carbocycles. The molecule has 3 atom stereocenters. The molecule has 4 heterocycles. The Balaban J connectivity index is 1.78. The Morgan fingerprint density at radius 1 is 1.28 bits per heavy atom. The molecule has 3 aliphatic heterocycles. The van der Waals surface area contributed by atoms with Gasteiger partial charge in [-0.3, -0.25) is 25.0 Å². The number of rotatable bonds is 1. The second kappa shape index (κ2) is 6.73. The molecule has 5 rings (SSSR count). The standard InChI is InChI=1S/C20H20FN5O6/c1-7-6-26-13-9(4-10-12(16(27)22-3)25-32-14(10)11(13)21)5-20(15(26)8(2)31-7)17(28)23-19(30)24-18(20)29/h4,7-8,15H,5-6H2,1-3H3,(H,22,27)(H2,23,24,28,29,30)/t7-,8+,15-/m0/s1. The molecule has 1 aromatic heterocycles. The number of hydrogen-bond donors (Lipinski definition) is 3. The van der Waals surface area contributed by atoms with Gasteiger partial charge in [0, 0.05) is 20.0 Å². The zero-order valence-electron chi connectivity index (χ0n) is 17.4. The minimum absolute atomic E-state index is 0.114. The number of nitrogens with zero attached hydrogens (tertiary/aromatic N) is 2. The third-order valence-corrected chi connectivity index (χ3v) is 6.41. The fraction of sp³-hybridized carbons (Fsp3) is 0.450. The predicted molar refractivity (Wildman–Crippen MR) is 106 cm³/mol. The zero-order valence-corrected chi connectivity index (χ0v) is 17.4. The number of barbiturate groups is 1. The van der Waals surface area contributed by atoms with Crippen LogP contribution < -0.4 is 20.9 Å². The average Bonchev–Trinajstić information content (AvgIpc) is 3.14. The van der Waals surface area contributed by atoms with Crippen molar-refractivity contribution in [2.75, 3.05) is 18.5 Å². The zero-order chi connectivity index (χ0) is 22.9. The van der Waals surface area contributed by atoms with Crippen molar-refractivity contribution in [3.05, 3.63) is 23.1 Å². The number of fused-ring (bicyclic) bond motifs is 5. The van der Waals surface area contributed by atoms with Crippen LogP contribution in [0.25, 0.3) is 11.0 Å². The van der Waals surface area contributed by atoms with Gasteiger partial charge in [0.05, 0.1) is 29.3 Å². The van der Waals surface area contributed by atoms with Gasteiger partial charge >= 0.3 is 6.03 Å². The fourth-order valence-electron chi connectivity index (χ4n) is 5.23. The number of ether oxygens (including phenoxy) is 1. The van der Waals surface area contributed by atoms with Gasteiger partial charge in [0.25, 0.3) is 5.91 Å². The van der Waals surface area contributed by atoms with E-state index >= 15 is 4.39 Å². The Morgan fingerprint density at radius 3 is 2.62 bits per heavy atom. The van der Waals surface area contributed by atoms with Gasteiger partial charge in [-0.1, -0.05) is 5.16 Å². The van der Waals surface area contributed by atoms with Crippen molar-refractivity contribution in [2.24, 2.45) is 5.41 Å². The second-order valence-corrected chi connectivity index (χ2v) is 8.32. The molecule has 0 radical (unpaired) electrons. The summed E-state index contributed by atoms with van der Waals surface area (Å²) in [5, 5.41) is 10.6. The first kappa shape index (κ1) is 20.4. The molecule has 0 saturated carbocycles. The maximum Gasteiger partial charge on any atom is 0.328 e. The summed E-state index contributed by atoms with van der Waals surface area (Å²) in [6.45, 7) is 3.69. The van der Waals surface area contributed by atoms with Gasteiger partial charge < -0.3 is 19.5 Å². The van der Waals surface area contributed by atoms with Crippen molar-refractivity contribution in [1.82, 2.24) is 21.1 Å². The highest BCUT2D eigenvalue weighted by Crippen LogP contribution is 2.49. The molecule has 2 saturated heterocycles. The number of imide groups is 2. The van der Waals surface area contributed by atoms with Crippen molar-refractivity contribution < 1.29 is 32.8 Å². The number of amides is 5. The van der Waals surface area contributed by atoms with Crippen LogP contribution in [0.4, 0.5) is 14.9 Å². The summed E-state index contributed by atoms with van der Waals surface area (Å²) >= 11 is 0. The first-order chi connectivity index (χ1) is 15.2. The van der Waals surface area contributed by atoms with E-state index < -0.39 is 47.1 Å². The molecule has 2 fully saturated rings. The maximum absolute atomic E-state index is 15.8. The minimum atomic E-state index is -1.75. The number of benzene rings is 1. The molecule has 168 valence electrons. The number of anilines is 1. The van der Waals surface area contributed by atoms with E-state index in [1.807, 2.05) is 0 Å². The van der Waals surface area contributed by atoms with Crippen LogP contribution in [0.5, 0.6) is 0 Å². The van der Waals surface area contributed by atoms with Crippen LogP contribution in [0.2, 0.25) is 0 Å². The lowest BCUT2D eigenvalue weighted by molar-refractivity contribution is -0.153. The molecule has 0 aliphatic carbocycles. The summed E-state index contributed by atoms with van der Waals surface area (Å²) in [5.41, 5.74) is -1.58. The molecule has 32 heavy (non-hydrogen) atoms. The molecule has 12 heteroatoms. The van der Waals surface area contributed by atoms with E-state index in [-0.39, 0.29) is 41.4 Å². The second-order valence-electron chi connectivity index (χ2n) is 8.32. The van der Waals surface area contributed by atoms with Crippen molar-refractivity contribution >= 4 is 40.4 Å². The van der Waals surface area contributed by atoms with Crippen LogP contribution in [-0.2, 0) is 20.7 Å². The fourth-order valence-corrected chi connectivity index (χ4v) is 5.23. The van der Waals surface area contributed by atoms with Crippen LogP contribution >= 0.6 is 0 Å². The number of aromatic nitrogens is 1. The largest absolute Gasteiger partial charge is 0.372 e. The van der Waals surface area contributed by atoms with Gasteiger partial charge in [-0.25, -0.2) is 9.18 Å². The molecule has 5 amide bonds. The molecule has 1 spiro atoms. The predicted octanol–water partition coefficient (Wildman–Crippen LogP) is 0.217. The molecule has 3 N–H and O–H groups in total. The molecule has 3 aliphatic rings. The maximum atomic E-state index is 15.8. The van der Waals surface area contributed by atoms with Crippen molar-refractivity contribution in [3.8, 4) is 0 Å². The van der Waals surface area contributed by atoms with E-state index in [0.717, 1.165) is 0 Å². The van der Waals surface area contributed by atoms with E-state index in [1.54, 1.807) is 18.7 Å². The highest BCUT2D eigenvalue weighted by Gasteiger charge is 2.63. The van der Waals surface area contributed by atoms with Gasteiger partial charge in [-0.15, -0.1) is 0 Å². The highest BCUT2D eigenvalue weighted by molar-refractivity contribution is 6.20. The highest BCUT2D eigenvalue weighted by atomic mass is 19.1. The van der Waals surface area contributed by atoms with Crippen molar-refractivity contribution in [2.45, 2.75) is 38.5 Å². The molecular formula is C20H20FN5O6.